The second-order valence-electron chi connectivity index (χ2n) is 11.5. The number of carbonyl (C=O) groups is 2. The molecule has 36 heavy (non-hydrogen) atoms. The third-order valence-corrected chi connectivity index (χ3v) is 8.30. The summed E-state index contributed by atoms with van der Waals surface area (Å²) in [6, 6.07) is 0. The van der Waals surface area contributed by atoms with E-state index in [0.717, 1.165) is 96.3 Å². The van der Waals surface area contributed by atoms with Crippen LogP contribution in [0, 0.1) is 10.8 Å². The van der Waals surface area contributed by atoms with E-state index in [4.69, 9.17) is 19.6 Å². The molecule has 0 amide bonds. The van der Waals surface area contributed by atoms with Gasteiger partial charge in [0, 0.05) is 0 Å². The highest BCUT2D eigenvalue weighted by molar-refractivity contribution is 5.83. The van der Waals surface area contributed by atoms with Gasteiger partial charge in [0.15, 0.2) is 0 Å². The summed E-state index contributed by atoms with van der Waals surface area (Å²) in [5.74, 6) is -1.05. The predicted octanol–water partition coefficient (Wildman–Crippen LogP) is 8.80. The van der Waals surface area contributed by atoms with Crippen LogP contribution in [0.2, 0.25) is 0 Å². The molecular weight excluding hydrogens is 456 g/mol. The summed E-state index contributed by atoms with van der Waals surface area (Å²) in [6.45, 7) is 15.0. The van der Waals surface area contributed by atoms with Crippen molar-refractivity contribution in [3.8, 4) is 0 Å². The number of unbranched alkanes of at least 4 members (excludes halogenated alkanes) is 7. The molecule has 212 valence electrons. The average Bonchev–Trinajstić information content (AvgIpc) is 2.84. The summed E-state index contributed by atoms with van der Waals surface area (Å²) in [5.41, 5.74) is -2.15. The van der Waals surface area contributed by atoms with Gasteiger partial charge in [-0.25, -0.2) is 29.1 Å². The summed E-state index contributed by atoms with van der Waals surface area (Å²) in [7, 11) is 0. The van der Waals surface area contributed by atoms with Crippen molar-refractivity contribution >= 4 is 11.9 Å². The summed E-state index contributed by atoms with van der Waals surface area (Å²) in [6.07, 6.45) is 15.4. The van der Waals surface area contributed by atoms with Crippen molar-refractivity contribution in [1.29, 1.82) is 0 Å². The van der Waals surface area contributed by atoms with E-state index in [2.05, 4.69) is 41.5 Å². The summed E-state index contributed by atoms with van der Waals surface area (Å²) >= 11 is 0. The van der Waals surface area contributed by atoms with Crippen LogP contribution in [-0.4, -0.2) is 23.6 Å². The Morgan fingerprint density at radius 1 is 0.722 bits per heavy atom. The molecule has 0 saturated carbocycles. The molecule has 3 atom stereocenters. The highest BCUT2D eigenvalue weighted by Crippen LogP contribution is 2.51. The lowest BCUT2D eigenvalue weighted by Crippen LogP contribution is -2.62. The molecule has 0 aromatic carbocycles. The SMILES string of the molecule is CCCCCCC1(C(=O)OOC(=O)C(CCCC)(CCCCCC)C(C)(C)CCC)OOC1CCC. The van der Waals surface area contributed by atoms with Gasteiger partial charge in [0.25, 0.3) is 0 Å². The molecule has 1 aliphatic rings. The molecule has 0 aromatic heterocycles. The standard InChI is InChI=1S/C30H56O6/c1-8-13-16-18-23-29(22-15-10-3,28(6,7)21-12-5)26(31)34-35-27(32)30(24-19-17-14-9-2)25(20-11-4)33-36-30/h25H,8-24H2,1-7H3. The molecule has 0 aliphatic carbocycles. The Bertz CT molecular complexity index is 633. The zero-order chi connectivity index (χ0) is 27.1. The van der Waals surface area contributed by atoms with E-state index in [9.17, 15) is 9.59 Å². The highest BCUT2D eigenvalue weighted by Gasteiger charge is 2.59. The minimum absolute atomic E-state index is 0.273. The zero-order valence-corrected chi connectivity index (χ0v) is 24.5. The van der Waals surface area contributed by atoms with Gasteiger partial charge in [-0.2, -0.15) is 0 Å². The van der Waals surface area contributed by atoms with Gasteiger partial charge in [-0.1, -0.05) is 119 Å². The summed E-state index contributed by atoms with van der Waals surface area (Å²) in [4.78, 5) is 48.7. The molecule has 0 spiro atoms. The quantitative estimate of drug-likeness (QED) is 0.0922. The maximum Gasteiger partial charge on any atom is 0.393 e. The first-order valence-corrected chi connectivity index (χ1v) is 15.0. The monoisotopic (exact) mass is 512 g/mol. The van der Waals surface area contributed by atoms with Gasteiger partial charge < -0.3 is 0 Å². The minimum Gasteiger partial charge on any atom is -0.247 e. The van der Waals surface area contributed by atoms with E-state index in [0.29, 0.717) is 12.8 Å². The fraction of sp³-hybridized carbons (Fsp3) is 0.933. The molecule has 3 unspecified atom stereocenters. The molecule has 0 N–H and O–H groups in total. The van der Waals surface area contributed by atoms with E-state index in [1.54, 1.807) is 0 Å². The van der Waals surface area contributed by atoms with E-state index >= 15 is 0 Å². The van der Waals surface area contributed by atoms with E-state index in [1.165, 1.54) is 0 Å². The summed E-state index contributed by atoms with van der Waals surface area (Å²) in [5, 5.41) is 0. The molecule has 6 nitrogen and oxygen atoms in total. The van der Waals surface area contributed by atoms with Crippen LogP contribution in [0.15, 0.2) is 0 Å². The van der Waals surface area contributed by atoms with Crippen LogP contribution in [0.25, 0.3) is 0 Å². The average molecular weight is 513 g/mol. The van der Waals surface area contributed by atoms with Crippen LogP contribution in [0.3, 0.4) is 0 Å². The van der Waals surface area contributed by atoms with Crippen molar-refractivity contribution in [3.05, 3.63) is 0 Å². The first-order chi connectivity index (χ1) is 17.2. The molecule has 6 heteroatoms. The number of carbonyl (C=O) groups excluding carboxylic acids is 2. The minimum atomic E-state index is -1.18. The highest BCUT2D eigenvalue weighted by atomic mass is 17.3. The van der Waals surface area contributed by atoms with Crippen LogP contribution < -0.4 is 0 Å². The number of rotatable bonds is 20. The Hall–Kier alpha value is -1.14. The summed E-state index contributed by atoms with van der Waals surface area (Å²) < 4.78 is 0. The Morgan fingerprint density at radius 3 is 1.86 bits per heavy atom. The lowest BCUT2D eigenvalue weighted by atomic mass is 9.59. The van der Waals surface area contributed by atoms with Crippen molar-refractivity contribution in [3.63, 3.8) is 0 Å². The zero-order valence-electron chi connectivity index (χ0n) is 24.5. The Labute approximate surface area is 221 Å². The van der Waals surface area contributed by atoms with Crippen LogP contribution in [0.4, 0.5) is 0 Å². The van der Waals surface area contributed by atoms with Crippen molar-refractivity contribution < 1.29 is 29.1 Å². The second-order valence-corrected chi connectivity index (χ2v) is 11.5. The van der Waals surface area contributed by atoms with Gasteiger partial charge in [-0.05, 0) is 43.9 Å². The molecule has 0 aromatic rings. The van der Waals surface area contributed by atoms with E-state index in [-0.39, 0.29) is 11.5 Å². The smallest absolute Gasteiger partial charge is 0.247 e. The normalized spacial score (nSPS) is 21.5. The number of hydrogen-bond acceptors (Lipinski definition) is 6. The molecule has 0 bridgehead atoms. The van der Waals surface area contributed by atoms with Crippen molar-refractivity contribution in [1.82, 2.24) is 0 Å². The first-order valence-electron chi connectivity index (χ1n) is 15.0. The third kappa shape index (κ3) is 8.44. The Balaban J connectivity index is 3.08. The molecular formula is C30H56O6. The van der Waals surface area contributed by atoms with Crippen LogP contribution in [-0.2, 0) is 29.1 Å². The van der Waals surface area contributed by atoms with Crippen molar-refractivity contribution in [2.24, 2.45) is 10.8 Å². The fourth-order valence-electron chi connectivity index (χ4n) is 5.76. The molecule has 1 heterocycles. The van der Waals surface area contributed by atoms with Crippen molar-refractivity contribution in [2.45, 2.75) is 169 Å². The van der Waals surface area contributed by atoms with Gasteiger partial charge in [-0.15, -0.1) is 0 Å². The molecule has 0 radical (unpaired) electrons. The topological polar surface area (TPSA) is 71.1 Å². The Morgan fingerprint density at radius 2 is 1.33 bits per heavy atom. The van der Waals surface area contributed by atoms with Crippen molar-refractivity contribution in [2.75, 3.05) is 0 Å². The van der Waals surface area contributed by atoms with Gasteiger partial charge in [-0.3, -0.25) is 0 Å². The lowest BCUT2D eigenvalue weighted by Gasteiger charge is -2.46. The van der Waals surface area contributed by atoms with Crippen LogP contribution in [0.1, 0.15) is 158 Å². The predicted molar refractivity (Wildman–Crippen MR) is 144 cm³/mol. The van der Waals surface area contributed by atoms with Gasteiger partial charge >= 0.3 is 11.9 Å². The van der Waals surface area contributed by atoms with Crippen LogP contribution >= 0.6 is 0 Å². The largest absolute Gasteiger partial charge is 0.393 e. The first kappa shape index (κ1) is 32.9. The molecule has 1 rings (SSSR count). The number of hydrogen-bond donors (Lipinski definition) is 0. The maximum absolute atomic E-state index is 13.8. The second kappa shape index (κ2) is 16.7. The lowest BCUT2D eigenvalue weighted by molar-refractivity contribution is -0.503. The van der Waals surface area contributed by atoms with E-state index in [1.807, 2.05) is 6.92 Å². The van der Waals surface area contributed by atoms with Crippen LogP contribution in [0.5, 0.6) is 0 Å². The third-order valence-electron chi connectivity index (χ3n) is 8.30. The molecule has 1 aliphatic heterocycles. The van der Waals surface area contributed by atoms with Gasteiger partial charge in [0.2, 0.25) is 5.60 Å². The van der Waals surface area contributed by atoms with Gasteiger partial charge in [0.05, 0.1) is 5.41 Å². The molecule has 1 fully saturated rings. The molecule has 1 saturated heterocycles. The maximum atomic E-state index is 13.8. The fourth-order valence-corrected chi connectivity index (χ4v) is 5.76. The Kier molecular flexibility index (Phi) is 15.2. The van der Waals surface area contributed by atoms with Gasteiger partial charge in [0.1, 0.15) is 6.10 Å². The van der Waals surface area contributed by atoms with E-state index < -0.39 is 23.0 Å².